The standard InChI is InChI=1S/C44H51NO7/c1-5-6-8-16-35(36-17-11-18-39-42(36)52-30-51-39)28-40(46)45-38-26-31(21-24-37(38)44(2,3)4)15-12-25-49-43(48)34-22-19-32(20-23-34)27-41(47)50-29-33-13-9-7-10-14-33/h7,9-11,13-14,17-24,26,35H,5-6,8,12,15-16,25,27-30H2,1-4H3,(H,45,46). The second kappa shape index (κ2) is 18.4. The summed E-state index contributed by atoms with van der Waals surface area (Å²) in [5.74, 6) is 0.720. The zero-order valence-corrected chi connectivity index (χ0v) is 30.9. The van der Waals surface area contributed by atoms with Crippen LogP contribution in [0.5, 0.6) is 11.5 Å². The van der Waals surface area contributed by atoms with Gasteiger partial charge in [0.2, 0.25) is 12.7 Å². The quantitative estimate of drug-likeness (QED) is 0.0863. The third kappa shape index (κ3) is 10.9. The second-order valence-electron chi connectivity index (χ2n) is 14.4. The molecule has 0 fully saturated rings. The minimum absolute atomic E-state index is 0.0109. The molecule has 1 heterocycles. The number of rotatable bonds is 17. The Morgan fingerprint density at radius 1 is 0.808 bits per heavy atom. The fourth-order valence-corrected chi connectivity index (χ4v) is 6.45. The lowest BCUT2D eigenvalue weighted by molar-refractivity contribution is -0.144. The Morgan fingerprint density at radius 3 is 2.33 bits per heavy atom. The number of amides is 1. The molecular weight excluding hydrogens is 654 g/mol. The summed E-state index contributed by atoms with van der Waals surface area (Å²) in [7, 11) is 0. The average Bonchev–Trinajstić information content (AvgIpc) is 3.62. The van der Waals surface area contributed by atoms with Gasteiger partial charge < -0.3 is 24.3 Å². The summed E-state index contributed by atoms with van der Waals surface area (Å²) in [6, 6.07) is 28.5. The summed E-state index contributed by atoms with van der Waals surface area (Å²) in [6.07, 6.45) is 5.90. The first-order chi connectivity index (χ1) is 25.1. The van der Waals surface area contributed by atoms with Crippen LogP contribution in [0.1, 0.15) is 110 Å². The molecule has 0 aromatic heterocycles. The first-order valence-electron chi connectivity index (χ1n) is 18.4. The predicted molar refractivity (Wildman–Crippen MR) is 203 cm³/mol. The summed E-state index contributed by atoms with van der Waals surface area (Å²) in [6.45, 7) is 9.27. The zero-order chi connectivity index (χ0) is 36.9. The number of anilines is 1. The highest BCUT2D eigenvalue weighted by Gasteiger charge is 2.26. The molecule has 4 aromatic rings. The number of ether oxygens (including phenoxy) is 4. The normalized spacial score (nSPS) is 12.6. The molecule has 52 heavy (non-hydrogen) atoms. The lowest BCUT2D eigenvalue weighted by Gasteiger charge is -2.25. The van der Waals surface area contributed by atoms with Gasteiger partial charge in [-0.2, -0.15) is 0 Å². The minimum Gasteiger partial charge on any atom is -0.462 e. The van der Waals surface area contributed by atoms with Gasteiger partial charge in [0.15, 0.2) is 11.5 Å². The summed E-state index contributed by atoms with van der Waals surface area (Å²) in [5.41, 5.74) is 5.87. The van der Waals surface area contributed by atoms with Crippen molar-refractivity contribution in [3.05, 3.63) is 124 Å². The molecule has 4 aromatic carbocycles. The number of carbonyl (C=O) groups is 3. The Morgan fingerprint density at radius 2 is 1.58 bits per heavy atom. The molecule has 5 rings (SSSR count). The van der Waals surface area contributed by atoms with Crippen LogP contribution in [0.3, 0.4) is 0 Å². The zero-order valence-electron chi connectivity index (χ0n) is 30.9. The van der Waals surface area contributed by atoms with Crippen LogP contribution in [0.15, 0.2) is 91.0 Å². The maximum atomic E-state index is 13.7. The van der Waals surface area contributed by atoms with Crippen LogP contribution < -0.4 is 14.8 Å². The molecule has 8 nitrogen and oxygen atoms in total. The van der Waals surface area contributed by atoms with Crippen molar-refractivity contribution in [2.45, 2.75) is 97.0 Å². The predicted octanol–water partition coefficient (Wildman–Crippen LogP) is 9.48. The molecule has 8 heteroatoms. The van der Waals surface area contributed by atoms with Crippen molar-refractivity contribution in [2.75, 3.05) is 18.7 Å². The van der Waals surface area contributed by atoms with E-state index in [1.807, 2.05) is 54.6 Å². The summed E-state index contributed by atoms with van der Waals surface area (Å²) >= 11 is 0. The highest BCUT2D eigenvalue weighted by molar-refractivity contribution is 5.92. The van der Waals surface area contributed by atoms with Crippen molar-refractivity contribution in [3.63, 3.8) is 0 Å². The van der Waals surface area contributed by atoms with E-state index in [0.29, 0.717) is 24.8 Å². The van der Waals surface area contributed by atoms with Gasteiger partial charge in [-0.25, -0.2) is 4.79 Å². The smallest absolute Gasteiger partial charge is 0.338 e. The number of benzene rings is 4. The third-order valence-corrected chi connectivity index (χ3v) is 9.24. The van der Waals surface area contributed by atoms with E-state index in [-0.39, 0.29) is 49.6 Å². The van der Waals surface area contributed by atoms with Gasteiger partial charge in [-0.05, 0) is 77.1 Å². The second-order valence-corrected chi connectivity index (χ2v) is 14.4. The Kier molecular flexibility index (Phi) is 13.5. The van der Waals surface area contributed by atoms with Crippen LogP contribution in [-0.4, -0.2) is 31.2 Å². The Bertz CT molecular complexity index is 1790. The van der Waals surface area contributed by atoms with Crippen molar-refractivity contribution in [1.82, 2.24) is 0 Å². The third-order valence-electron chi connectivity index (χ3n) is 9.24. The lowest BCUT2D eigenvalue weighted by Crippen LogP contribution is -2.21. The van der Waals surface area contributed by atoms with E-state index in [4.69, 9.17) is 18.9 Å². The molecule has 0 bridgehead atoms. The van der Waals surface area contributed by atoms with E-state index in [1.54, 1.807) is 24.3 Å². The van der Waals surface area contributed by atoms with Crippen molar-refractivity contribution >= 4 is 23.5 Å². The molecule has 0 aliphatic carbocycles. The fraction of sp³-hybridized carbons (Fsp3) is 0.386. The maximum Gasteiger partial charge on any atom is 0.338 e. The Hall–Kier alpha value is -5.11. The van der Waals surface area contributed by atoms with Gasteiger partial charge in [-0.15, -0.1) is 0 Å². The molecule has 0 radical (unpaired) electrons. The van der Waals surface area contributed by atoms with Crippen LogP contribution in [0.2, 0.25) is 0 Å². The number of esters is 2. The highest BCUT2D eigenvalue weighted by atomic mass is 16.7. The van der Waals surface area contributed by atoms with E-state index in [9.17, 15) is 14.4 Å². The molecule has 1 aliphatic heterocycles. The van der Waals surface area contributed by atoms with Crippen LogP contribution >= 0.6 is 0 Å². The molecule has 1 amide bonds. The van der Waals surface area contributed by atoms with Gasteiger partial charge in [-0.1, -0.05) is 114 Å². The van der Waals surface area contributed by atoms with E-state index < -0.39 is 5.97 Å². The van der Waals surface area contributed by atoms with Crippen LogP contribution in [0, 0.1) is 0 Å². The molecule has 0 saturated heterocycles. The minimum atomic E-state index is -0.413. The van der Waals surface area contributed by atoms with Crippen molar-refractivity contribution in [2.24, 2.45) is 0 Å². The molecular formula is C44H51NO7. The van der Waals surface area contributed by atoms with Gasteiger partial charge >= 0.3 is 11.9 Å². The fourth-order valence-electron chi connectivity index (χ4n) is 6.45. The van der Waals surface area contributed by atoms with Gasteiger partial charge in [-0.3, -0.25) is 9.59 Å². The van der Waals surface area contributed by atoms with Crippen molar-refractivity contribution < 1.29 is 33.3 Å². The number of nitrogens with one attached hydrogen (secondary N) is 1. The van der Waals surface area contributed by atoms with E-state index >= 15 is 0 Å². The number of aryl methyl sites for hydroxylation is 1. The molecule has 0 spiro atoms. The molecule has 1 aliphatic rings. The highest BCUT2D eigenvalue weighted by Crippen LogP contribution is 2.42. The Labute approximate surface area is 307 Å². The van der Waals surface area contributed by atoms with E-state index in [1.165, 1.54) is 0 Å². The number of para-hydroxylation sites is 1. The van der Waals surface area contributed by atoms with Gasteiger partial charge in [0.1, 0.15) is 6.61 Å². The Balaban J connectivity index is 1.14. The van der Waals surface area contributed by atoms with Crippen LogP contribution in [0.25, 0.3) is 0 Å². The van der Waals surface area contributed by atoms with Gasteiger partial charge in [0.05, 0.1) is 18.6 Å². The number of carbonyl (C=O) groups excluding carboxylic acids is 3. The molecule has 274 valence electrons. The largest absolute Gasteiger partial charge is 0.462 e. The monoisotopic (exact) mass is 705 g/mol. The van der Waals surface area contributed by atoms with Crippen LogP contribution in [-0.2, 0) is 43.9 Å². The van der Waals surface area contributed by atoms with E-state index in [0.717, 1.165) is 70.7 Å². The van der Waals surface area contributed by atoms with E-state index in [2.05, 4.69) is 45.1 Å². The van der Waals surface area contributed by atoms with Gasteiger partial charge in [0.25, 0.3) is 0 Å². The first-order valence-corrected chi connectivity index (χ1v) is 18.4. The molecule has 1 atom stereocenters. The van der Waals surface area contributed by atoms with Crippen LogP contribution in [0.4, 0.5) is 5.69 Å². The summed E-state index contributed by atoms with van der Waals surface area (Å²) in [5, 5.41) is 3.25. The first kappa shape index (κ1) is 38.1. The lowest BCUT2D eigenvalue weighted by atomic mass is 9.84. The molecule has 1 N–H and O–H groups in total. The maximum absolute atomic E-state index is 13.7. The average molecular weight is 706 g/mol. The topological polar surface area (TPSA) is 100 Å². The summed E-state index contributed by atoms with van der Waals surface area (Å²) in [4.78, 5) is 38.7. The number of fused-ring (bicyclic) bond motifs is 1. The molecule has 0 saturated carbocycles. The van der Waals surface area contributed by atoms with Crippen molar-refractivity contribution in [3.8, 4) is 11.5 Å². The van der Waals surface area contributed by atoms with Crippen molar-refractivity contribution in [1.29, 1.82) is 0 Å². The van der Waals surface area contributed by atoms with Gasteiger partial charge in [0, 0.05) is 17.7 Å². The number of hydrogen-bond acceptors (Lipinski definition) is 7. The SMILES string of the molecule is CCCCCC(CC(=O)Nc1cc(CCCOC(=O)c2ccc(CC(=O)OCc3ccccc3)cc2)ccc1C(C)(C)C)c1cccc2c1OCO2. The number of hydrogen-bond donors (Lipinski definition) is 1. The molecule has 1 unspecified atom stereocenters. The summed E-state index contributed by atoms with van der Waals surface area (Å²) < 4.78 is 22.4. The number of unbranched alkanes of at least 4 members (excludes halogenated alkanes) is 2.